The predicted octanol–water partition coefficient (Wildman–Crippen LogP) is 2.48. The number of hydrogen-bond acceptors (Lipinski definition) is 4. The van der Waals surface area contributed by atoms with Crippen LogP contribution in [0.3, 0.4) is 0 Å². The molecule has 3 N–H and O–H groups in total. The Kier molecular flexibility index (Phi) is 5.72. The van der Waals surface area contributed by atoms with Crippen LogP contribution >= 0.6 is 0 Å². The first kappa shape index (κ1) is 15.5. The van der Waals surface area contributed by atoms with Gasteiger partial charge in [0, 0.05) is 24.8 Å². The fourth-order valence-corrected chi connectivity index (χ4v) is 2.41. The number of nitrogen functional groups attached to an aromatic ring is 1. The summed E-state index contributed by atoms with van der Waals surface area (Å²) in [7, 11) is 0. The zero-order chi connectivity index (χ0) is 15.1. The van der Waals surface area contributed by atoms with Crippen molar-refractivity contribution in [2.45, 2.75) is 32.6 Å². The first-order chi connectivity index (χ1) is 10.2. The quantitative estimate of drug-likeness (QED) is 0.790. The highest BCUT2D eigenvalue weighted by molar-refractivity contribution is 5.81. The number of nitrogens with two attached hydrogens (primary N) is 1. The number of benzene rings is 1. The van der Waals surface area contributed by atoms with E-state index in [2.05, 4.69) is 12.2 Å². The van der Waals surface area contributed by atoms with Crippen LogP contribution in [0.15, 0.2) is 18.2 Å². The van der Waals surface area contributed by atoms with Gasteiger partial charge in [-0.2, -0.15) is 0 Å². The molecule has 5 nitrogen and oxygen atoms in total. The molecule has 1 heterocycles. The molecule has 2 rings (SSSR count). The van der Waals surface area contributed by atoms with Crippen LogP contribution in [-0.4, -0.2) is 37.0 Å². The van der Waals surface area contributed by atoms with Crippen molar-refractivity contribution in [1.82, 2.24) is 4.90 Å². The average Bonchev–Trinajstić information content (AvgIpc) is 2.53. The van der Waals surface area contributed by atoms with Gasteiger partial charge in [0.1, 0.15) is 5.75 Å². The number of nitrogens with zero attached hydrogens (tertiary/aromatic N) is 1. The topological polar surface area (TPSA) is 67.6 Å². The van der Waals surface area contributed by atoms with Crippen molar-refractivity contribution in [3.05, 3.63) is 18.2 Å². The van der Waals surface area contributed by atoms with Crippen molar-refractivity contribution in [1.29, 1.82) is 0 Å². The standard InChI is InChI=1S/C16H25N3O2/c1-2-10-21-15-11-13(6-7-14(15)17)18-12-16(20)19-8-4-3-5-9-19/h6-7,11,18H,2-5,8-10,12,17H2,1H3. The van der Waals surface area contributed by atoms with Gasteiger partial charge >= 0.3 is 0 Å². The van der Waals surface area contributed by atoms with Gasteiger partial charge in [0.05, 0.1) is 18.8 Å². The van der Waals surface area contributed by atoms with E-state index in [1.54, 1.807) is 6.07 Å². The number of hydrogen-bond donors (Lipinski definition) is 2. The third kappa shape index (κ3) is 4.55. The van der Waals surface area contributed by atoms with Gasteiger partial charge in [-0.15, -0.1) is 0 Å². The highest BCUT2D eigenvalue weighted by Gasteiger charge is 2.15. The summed E-state index contributed by atoms with van der Waals surface area (Å²) in [6.45, 7) is 4.77. The smallest absolute Gasteiger partial charge is 0.241 e. The highest BCUT2D eigenvalue weighted by atomic mass is 16.5. The molecule has 0 atom stereocenters. The van der Waals surface area contributed by atoms with E-state index in [1.165, 1.54) is 6.42 Å². The van der Waals surface area contributed by atoms with Crippen LogP contribution in [0.4, 0.5) is 11.4 Å². The summed E-state index contributed by atoms with van der Waals surface area (Å²) in [4.78, 5) is 14.0. The molecule has 5 heteroatoms. The molecule has 0 aromatic heterocycles. The Hall–Kier alpha value is -1.91. The SMILES string of the molecule is CCCOc1cc(NCC(=O)N2CCCCC2)ccc1N. The molecule has 0 spiro atoms. The predicted molar refractivity (Wildman–Crippen MR) is 85.6 cm³/mol. The minimum absolute atomic E-state index is 0.155. The van der Waals surface area contributed by atoms with E-state index in [0.29, 0.717) is 24.6 Å². The zero-order valence-electron chi connectivity index (χ0n) is 12.7. The Bertz CT molecular complexity index is 471. The number of carbonyl (C=O) groups excluding carboxylic acids is 1. The molecule has 0 radical (unpaired) electrons. The summed E-state index contributed by atoms with van der Waals surface area (Å²) in [5.74, 6) is 0.829. The monoisotopic (exact) mass is 291 g/mol. The van der Waals surface area contributed by atoms with Crippen LogP contribution in [0.25, 0.3) is 0 Å². The van der Waals surface area contributed by atoms with Crippen LogP contribution in [0.2, 0.25) is 0 Å². The van der Waals surface area contributed by atoms with E-state index in [1.807, 2.05) is 17.0 Å². The Labute approximate surface area is 126 Å². The molecule has 1 saturated heterocycles. The summed E-state index contributed by atoms with van der Waals surface area (Å²) < 4.78 is 5.59. The molecule has 0 aliphatic carbocycles. The third-order valence-corrected chi connectivity index (χ3v) is 3.63. The van der Waals surface area contributed by atoms with Gasteiger partial charge in [0.15, 0.2) is 0 Å². The fraction of sp³-hybridized carbons (Fsp3) is 0.562. The largest absolute Gasteiger partial charge is 0.491 e. The fourth-order valence-electron chi connectivity index (χ4n) is 2.41. The van der Waals surface area contributed by atoms with Crippen LogP contribution < -0.4 is 15.8 Å². The number of nitrogens with one attached hydrogen (secondary N) is 1. The Morgan fingerprint density at radius 3 is 2.81 bits per heavy atom. The first-order valence-corrected chi connectivity index (χ1v) is 7.74. The van der Waals surface area contributed by atoms with Gasteiger partial charge in [-0.1, -0.05) is 6.92 Å². The van der Waals surface area contributed by atoms with Gasteiger partial charge < -0.3 is 20.7 Å². The van der Waals surface area contributed by atoms with Crippen molar-refractivity contribution in [2.75, 3.05) is 37.3 Å². The van der Waals surface area contributed by atoms with Gasteiger partial charge in [-0.3, -0.25) is 4.79 Å². The number of ether oxygens (including phenoxy) is 1. The Morgan fingerprint density at radius 1 is 1.33 bits per heavy atom. The molecule has 1 aromatic rings. The number of rotatable bonds is 6. The van der Waals surface area contributed by atoms with Gasteiger partial charge in [0.25, 0.3) is 0 Å². The van der Waals surface area contributed by atoms with E-state index >= 15 is 0 Å². The van der Waals surface area contributed by atoms with Crippen molar-refractivity contribution in [3.63, 3.8) is 0 Å². The van der Waals surface area contributed by atoms with Gasteiger partial charge in [0.2, 0.25) is 5.91 Å². The number of likely N-dealkylation sites (tertiary alicyclic amines) is 1. The van der Waals surface area contributed by atoms with Gasteiger partial charge in [-0.05, 0) is 37.8 Å². The molecule has 1 aliphatic heterocycles. The minimum atomic E-state index is 0.155. The van der Waals surface area contributed by atoms with Gasteiger partial charge in [-0.25, -0.2) is 0 Å². The lowest BCUT2D eigenvalue weighted by molar-refractivity contribution is -0.130. The maximum atomic E-state index is 12.1. The maximum absolute atomic E-state index is 12.1. The average molecular weight is 291 g/mol. The molecule has 1 fully saturated rings. The lowest BCUT2D eigenvalue weighted by Crippen LogP contribution is -2.39. The Morgan fingerprint density at radius 2 is 2.10 bits per heavy atom. The van der Waals surface area contributed by atoms with Crippen molar-refractivity contribution in [2.24, 2.45) is 0 Å². The Balaban J connectivity index is 1.88. The maximum Gasteiger partial charge on any atom is 0.241 e. The summed E-state index contributed by atoms with van der Waals surface area (Å²) >= 11 is 0. The zero-order valence-corrected chi connectivity index (χ0v) is 12.7. The highest BCUT2D eigenvalue weighted by Crippen LogP contribution is 2.25. The first-order valence-electron chi connectivity index (χ1n) is 7.74. The molecule has 116 valence electrons. The second-order valence-electron chi connectivity index (χ2n) is 5.40. The lowest BCUT2D eigenvalue weighted by Gasteiger charge is -2.27. The summed E-state index contributed by atoms with van der Waals surface area (Å²) in [5.41, 5.74) is 7.36. The molecule has 21 heavy (non-hydrogen) atoms. The number of anilines is 2. The van der Waals surface area contributed by atoms with Crippen LogP contribution in [0, 0.1) is 0 Å². The van der Waals surface area contributed by atoms with Crippen molar-refractivity contribution < 1.29 is 9.53 Å². The molecule has 0 bridgehead atoms. The molecular weight excluding hydrogens is 266 g/mol. The molecule has 1 amide bonds. The van der Waals surface area contributed by atoms with Crippen molar-refractivity contribution in [3.8, 4) is 5.75 Å². The number of piperidine rings is 1. The second-order valence-corrected chi connectivity index (χ2v) is 5.40. The van der Waals surface area contributed by atoms with Crippen LogP contribution in [-0.2, 0) is 4.79 Å². The molecular formula is C16H25N3O2. The molecule has 0 unspecified atom stereocenters. The minimum Gasteiger partial charge on any atom is -0.491 e. The van der Waals surface area contributed by atoms with E-state index in [-0.39, 0.29) is 5.91 Å². The van der Waals surface area contributed by atoms with Crippen LogP contribution in [0.5, 0.6) is 5.75 Å². The number of amides is 1. The molecule has 1 aliphatic rings. The van der Waals surface area contributed by atoms with Crippen LogP contribution in [0.1, 0.15) is 32.6 Å². The summed E-state index contributed by atoms with van der Waals surface area (Å²) in [5, 5.41) is 3.16. The lowest BCUT2D eigenvalue weighted by atomic mass is 10.1. The van der Waals surface area contributed by atoms with Crippen molar-refractivity contribution >= 4 is 17.3 Å². The molecule has 0 saturated carbocycles. The van der Waals surface area contributed by atoms with E-state index in [9.17, 15) is 4.79 Å². The van der Waals surface area contributed by atoms with E-state index in [4.69, 9.17) is 10.5 Å². The van der Waals surface area contributed by atoms with E-state index < -0.39 is 0 Å². The normalized spacial score (nSPS) is 14.8. The second kappa shape index (κ2) is 7.76. The summed E-state index contributed by atoms with van der Waals surface area (Å²) in [6.07, 6.45) is 4.39. The molecule has 1 aromatic carbocycles. The third-order valence-electron chi connectivity index (χ3n) is 3.63. The summed E-state index contributed by atoms with van der Waals surface area (Å²) in [6, 6.07) is 5.53. The van der Waals surface area contributed by atoms with E-state index in [0.717, 1.165) is 38.0 Å². The number of carbonyl (C=O) groups is 1.